The number of halogens is 1. The van der Waals surface area contributed by atoms with E-state index in [9.17, 15) is 9.59 Å². The van der Waals surface area contributed by atoms with Gasteiger partial charge in [-0.15, -0.1) is 0 Å². The van der Waals surface area contributed by atoms with E-state index >= 15 is 0 Å². The molecular weight excluding hydrogens is 304 g/mol. The fraction of sp³-hybridized carbons (Fsp3) is 0.500. The molecule has 0 saturated heterocycles. The summed E-state index contributed by atoms with van der Waals surface area (Å²) in [5.74, 6) is -0.114. The van der Waals surface area contributed by atoms with Crippen LogP contribution in [0.4, 0.5) is 10.5 Å². The molecule has 0 aliphatic rings. The topological polar surface area (TPSA) is 58.6 Å². The first-order chi connectivity index (χ1) is 10.1. The Morgan fingerprint density at radius 2 is 1.95 bits per heavy atom. The van der Waals surface area contributed by atoms with Crippen LogP contribution in [0.1, 0.15) is 33.3 Å². The average molecular weight is 327 g/mol. The second-order valence-electron chi connectivity index (χ2n) is 5.98. The highest BCUT2D eigenvalue weighted by Gasteiger charge is 2.18. The first kappa shape index (κ1) is 18.3. The lowest BCUT2D eigenvalue weighted by Gasteiger charge is -2.24. The highest BCUT2D eigenvalue weighted by atomic mass is 35.5. The van der Waals surface area contributed by atoms with Gasteiger partial charge in [0.25, 0.3) is 0 Å². The number of alkyl carbamates (subject to hydrolysis) is 1. The lowest BCUT2D eigenvalue weighted by atomic mass is 10.1. The largest absolute Gasteiger partial charge is 0.444 e. The molecular formula is C16H23ClN2O3. The lowest BCUT2D eigenvalue weighted by molar-refractivity contribution is -0.116. The van der Waals surface area contributed by atoms with Crippen molar-refractivity contribution in [1.82, 2.24) is 5.32 Å². The van der Waals surface area contributed by atoms with Crippen molar-refractivity contribution in [3.63, 3.8) is 0 Å². The number of hydrogen-bond donors (Lipinski definition) is 1. The molecule has 1 rings (SSSR count). The first-order valence-electron chi connectivity index (χ1n) is 7.12. The Kier molecular flexibility index (Phi) is 6.23. The van der Waals surface area contributed by atoms with Crippen LogP contribution in [0.3, 0.4) is 0 Å². The van der Waals surface area contributed by atoms with Crippen LogP contribution < -0.4 is 10.2 Å². The van der Waals surface area contributed by atoms with Crippen molar-refractivity contribution in [3.8, 4) is 0 Å². The molecule has 0 radical (unpaired) electrons. The molecule has 1 aromatic carbocycles. The van der Waals surface area contributed by atoms with Gasteiger partial charge in [0.15, 0.2) is 0 Å². The third kappa shape index (κ3) is 5.56. The normalized spacial score (nSPS) is 11.0. The van der Waals surface area contributed by atoms with Gasteiger partial charge in [-0.05, 0) is 45.4 Å². The van der Waals surface area contributed by atoms with Gasteiger partial charge in [-0.3, -0.25) is 4.79 Å². The van der Waals surface area contributed by atoms with Crippen LogP contribution in [-0.2, 0) is 9.53 Å². The van der Waals surface area contributed by atoms with Crippen LogP contribution in [0, 0.1) is 6.92 Å². The van der Waals surface area contributed by atoms with Gasteiger partial charge in [-0.1, -0.05) is 17.7 Å². The number of nitrogens with one attached hydrogen (secondary N) is 1. The number of amides is 2. The third-order valence-corrected chi connectivity index (χ3v) is 3.32. The molecule has 0 heterocycles. The minimum absolute atomic E-state index is 0.114. The predicted octanol–water partition coefficient (Wildman–Crippen LogP) is 3.53. The number of rotatable bonds is 4. The van der Waals surface area contributed by atoms with Crippen LogP contribution in [0.25, 0.3) is 0 Å². The van der Waals surface area contributed by atoms with E-state index < -0.39 is 11.7 Å². The van der Waals surface area contributed by atoms with E-state index in [2.05, 4.69) is 5.32 Å². The zero-order valence-electron chi connectivity index (χ0n) is 13.7. The maximum atomic E-state index is 11.9. The van der Waals surface area contributed by atoms with Crippen molar-refractivity contribution in [1.29, 1.82) is 0 Å². The van der Waals surface area contributed by atoms with Crippen molar-refractivity contribution in [2.75, 3.05) is 18.0 Å². The molecule has 0 fully saturated rings. The van der Waals surface area contributed by atoms with Gasteiger partial charge in [-0.25, -0.2) is 4.79 Å². The molecule has 0 aliphatic heterocycles. The van der Waals surface area contributed by atoms with Crippen LogP contribution >= 0.6 is 11.6 Å². The molecule has 122 valence electrons. The standard InChI is InChI=1S/C16H23ClN2O3/c1-11-13(17)7-6-8-14(11)19(12(2)20)10-9-18-15(21)22-16(3,4)5/h6-8H,9-10H2,1-5H3,(H,18,21). The molecule has 0 aliphatic carbocycles. The smallest absolute Gasteiger partial charge is 0.407 e. The van der Waals surface area contributed by atoms with Crippen LogP contribution in [-0.4, -0.2) is 30.7 Å². The Morgan fingerprint density at radius 1 is 1.32 bits per heavy atom. The molecule has 0 unspecified atom stereocenters. The zero-order valence-corrected chi connectivity index (χ0v) is 14.5. The maximum absolute atomic E-state index is 11.9. The SMILES string of the molecule is CC(=O)N(CCNC(=O)OC(C)(C)C)c1cccc(Cl)c1C. The summed E-state index contributed by atoms with van der Waals surface area (Å²) >= 11 is 6.09. The second kappa shape index (κ2) is 7.49. The Bertz CT molecular complexity index is 553. The van der Waals surface area contributed by atoms with Gasteiger partial charge in [0, 0.05) is 30.7 Å². The molecule has 0 aromatic heterocycles. The van der Waals surface area contributed by atoms with Crippen LogP contribution in [0.5, 0.6) is 0 Å². The number of benzene rings is 1. The fourth-order valence-electron chi connectivity index (χ4n) is 1.92. The quantitative estimate of drug-likeness (QED) is 0.920. The highest BCUT2D eigenvalue weighted by Crippen LogP contribution is 2.26. The summed E-state index contributed by atoms with van der Waals surface area (Å²) in [6, 6.07) is 5.40. The summed E-state index contributed by atoms with van der Waals surface area (Å²) in [6.07, 6.45) is -0.501. The summed E-state index contributed by atoms with van der Waals surface area (Å²) in [5.41, 5.74) is 1.02. The number of carbonyl (C=O) groups excluding carboxylic acids is 2. The number of ether oxygens (including phenoxy) is 1. The van der Waals surface area contributed by atoms with Gasteiger partial charge in [-0.2, -0.15) is 0 Å². The number of hydrogen-bond acceptors (Lipinski definition) is 3. The maximum Gasteiger partial charge on any atom is 0.407 e. The summed E-state index contributed by atoms with van der Waals surface area (Å²) < 4.78 is 5.15. The van der Waals surface area contributed by atoms with E-state index in [-0.39, 0.29) is 5.91 Å². The Morgan fingerprint density at radius 3 is 2.50 bits per heavy atom. The number of carbonyl (C=O) groups is 2. The molecule has 5 nitrogen and oxygen atoms in total. The van der Waals surface area contributed by atoms with E-state index in [0.29, 0.717) is 18.1 Å². The third-order valence-electron chi connectivity index (χ3n) is 2.91. The minimum Gasteiger partial charge on any atom is -0.444 e. The molecule has 1 N–H and O–H groups in total. The van der Waals surface area contributed by atoms with Crippen molar-refractivity contribution >= 4 is 29.3 Å². The van der Waals surface area contributed by atoms with E-state index in [4.69, 9.17) is 16.3 Å². The van der Waals surface area contributed by atoms with Crippen molar-refractivity contribution in [2.24, 2.45) is 0 Å². The van der Waals surface area contributed by atoms with Gasteiger partial charge >= 0.3 is 6.09 Å². The molecule has 1 aromatic rings. The second-order valence-corrected chi connectivity index (χ2v) is 6.39. The Hall–Kier alpha value is -1.75. The lowest BCUT2D eigenvalue weighted by Crippen LogP contribution is -2.40. The zero-order chi connectivity index (χ0) is 16.9. The Balaban J connectivity index is 2.69. The minimum atomic E-state index is -0.548. The molecule has 0 spiro atoms. The predicted molar refractivity (Wildman–Crippen MR) is 88.5 cm³/mol. The summed E-state index contributed by atoms with van der Waals surface area (Å²) in [6.45, 7) is 9.36. The van der Waals surface area contributed by atoms with Crippen LogP contribution in [0.15, 0.2) is 18.2 Å². The van der Waals surface area contributed by atoms with Gasteiger partial charge in [0.1, 0.15) is 5.60 Å². The highest BCUT2D eigenvalue weighted by molar-refractivity contribution is 6.31. The van der Waals surface area contributed by atoms with E-state index in [0.717, 1.165) is 11.3 Å². The van der Waals surface area contributed by atoms with Crippen molar-refractivity contribution < 1.29 is 14.3 Å². The van der Waals surface area contributed by atoms with Crippen molar-refractivity contribution in [3.05, 3.63) is 28.8 Å². The molecule has 0 atom stereocenters. The number of anilines is 1. The molecule has 0 saturated carbocycles. The number of nitrogens with zero attached hydrogens (tertiary/aromatic N) is 1. The average Bonchev–Trinajstić information content (AvgIpc) is 2.36. The monoisotopic (exact) mass is 326 g/mol. The van der Waals surface area contributed by atoms with Gasteiger partial charge in [0.2, 0.25) is 5.91 Å². The summed E-state index contributed by atoms with van der Waals surface area (Å²) in [4.78, 5) is 25.0. The van der Waals surface area contributed by atoms with Crippen molar-refractivity contribution in [2.45, 2.75) is 40.2 Å². The molecule has 0 bridgehead atoms. The molecule has 22 heavy (non-hydrogen) atoms. The van der Waals surface area contributed by atoms with Gasteiger partial charge < -0.3 is 15.0 Å². The summed E-state index contributed by atoms with van der Waals surface area (Å²) in [5, 5.41) is 3.24. The Labute approximate surface area is 136 Å². The van der Waals surface area contributed by atoms with E-state index in [1.807, 2.05) is 13.0 Å². The molecule has 2 amide bonds. The van der Waals surface area contributed by atoms with Crippen LogP contribution in [0.2, 0.25) is 5.02 Å². The van der Waals surface area contributed by atoms with E-state index in [1.165, 1.54) is 6.92 Å². The van der Waals surface area contributed by atoms with E-state index in [1.54, 1.807) is 37.8 Å². The summed E-state index contributed by atoms with van der Waals surface area (Å²) in [7, 11) is 0. The fourth-order valence-corrected chi connectivity index (χ4v) is 2.09. The molecule has 6 heteroatoms. The van der Waals surface area contributed by atoms with Gasteiger partial charge in [0.05, 0.1) is 0 Å². The first-order valence-corrected chi connectivity index (χ1v) is 7.49.